The van der Waals surface area contributed by atoms with Gasteiger partial charge in [0.05, 0.1) is 7.11 Å². The number of halogens is 2. The SMILES string of the molecule is COc1ccc(C=NC2(c3nnnn3/C(=C/c3ccc(Cl)cc3Cl)CC(C)(C)C)CCCCC2)cc1. The van der Waals surface area contributed by atoms with Gasteiger partial charge in [-0.15, -0.1) is 5.10 Å². The van der Waals surface area contributed by atoms with Crippen LogP contribution in [-0.4, -0.2) is 33.5 Å². The molecule has 0 bridgehead atoms. The quantitative estimate of drug-likeness (QED) is 0.296. The lowest BCUT2D eigenvalue weighted by atomic mass is 9.81. The molecule has 6 nitrogen and oxygen atoms in total. The highest BCUT2D eigenvalue weighted by Crippen LogP contribution is 2.41. The summed E-state index contributed by atoms with van der Waals surface area (Å²) in [5, 5.41) is 14.3. The van der Waals surface area contributed by atoms with E-state index in [1.807, 2.05) is 47.3 Å². The smallest absolute Gasteiger partial charge is 0.183 e. The van der Waals surface area contributed by atoms with Gasteiger partial charge in [0.2, 0.25) is 0 Å². The number of benzene rings is 2. The van der Waals surface area contributed by atoms with Crippen molar-refractivity contribution < 1.29 is 4.74 Å². The summed E-state index contributed by atoms with van der Waals surface area (Å²) < 4.78 is 7.17. The Hall–Kier alpha value is -2.70. The molecule has 3 aromatic rings. The van der Waals surface area contributed by atoms with Gasteiger partial charge in [0, 0.05) is 22.0 Å². The van der Waals surface area contributed by atoms with Crippen LogP contribution in [0.15, 0.2) is 47.5 Å². The van der Waals surface area contributed by atoms with Crippen LogP contribution in [0.3, 0.4) is 0 Å². The molecule has 0 spiro atoms. The Balaban J connectivity index is 1.78. The lowest BCUT2D eigenvalue weighted by Gasteiger charge is -2.33. The van der Waals surface area contributed by atoms with E-state index in [1.54, 1.807) is 13.2 Å². The van der Waals surface area contributed by atoms with Crippen LogP contribution >= 0.6 is 23.2 Å². The summed E-state index contributed by atoms with van der Waals surface area (Å²) >= 11 is 12.7. The molecule has 2 aromatic carbocycles. The molecule has 8 heteroatoms. The lowest BCUT2D eigenvalue weighted by molar-refractivity contribution is 0.285. The van der Waals surface area contributed by atoms with Crippen LogP contribution in [-0.2, 0) is 5.54 Å². The third-order valence-electron chi connectivity index (χ3n) is 6.41. The molecular weight excluding hydrogens is 493 g/mol. The van der Waals surface area contributed by atoms with Gasteiger partial charge in [-0.1, -0.05) is 69.3 Å². The maximum Gasteiger partial charge on any atom is 0.183 e. The monoisotopic (exact) mass is 525 g/mol. The first kappa shape index (κ1) is 26.4. The number of ether oxygens (including phenoxy) is 1. The van der Waals surface area contributed by atoms with Crippen LogP contribution in [0.2, 0.25) is 10.0 Å². The molecular formula is C28H33Cl2N5O. The number of rotatable bonds is 7. The fourth-order valence-corrected chi connectivity index (χ4v) is 5.10. The Labute approximate surface area is 223 Å². The Morgan fingerprint density at radius 1 is 1.08 bits per heavy atom. The van der Waals surface area contributed by atoms with Crippen LogP contribution in [0.4, 0.5) is 0 Å². The van der Waals surface area contributed by atoms with E-state index >= 15 is 0 Å². The van der Waals surface area contributed by atoms with Crippen molar-refractivity contribution in [2.75, 3.05) is 7.11 Å². The molecule has 0 atom stereocenters. The van der Waals surface area contributed by atoms with Gasteiger partial charge < -0.3 is 4.74 Å². The standard InChI is InChI=1S/C28H33Cl2N5O/c1-27(2,3)18-23(16-21-10-11-22(29)17-25(21)30)35-26(32-33-34-35)28(14-6-5-7-15-28)31-19-20-8-12-24(36-4)13-9-20/h8-13,16-17,19H,5-7,14-15,18H2,1-4H3/b23-16+,31-19?. The fourth-order valence-electron chi connectivity index (χ4n) is 4.63. The third kappa shape index (κ3) is 6.34. The number of nitrogens with zero attached hydrogens (tertiary/aromatic N) is 5. The zero-order valence-corrected chi connectivity index (χ0v) is 22.9. The van der Waals surface area contributed by atoms with Crippen molar-refractivity contribution in [2.24, 2.45) is 10.4 Å². The van der Waals surface area contributed by atoms with Gasteiger partial charge in [-0.25, -0.2) is 0 Å². The van der Waals surface area contributed by atoms with Crippen molar-refractivity contribution in [2.45, 2.75) is 64.8 Å². The zero-order chi connectivity index (χ0) is 25.8. The van der Waals surface area contributed by atoms with E-state index in [1.165, 1.54) is 6.42 Å². The number of hydrogen-bond acceptors (Lipinski definition) is 5. The predicted octanol–water partition coefficient (Wildman–Crippen LogP) is 7.70. The highest BCUT2D eigenvalue weighted by Gasteiger charge is 2.39. The highest BCUT2D eigenvalue weighted by atomic mass is 35.5. The molecule has 1 fully saturated rings. The number of hydrogen-bond donors (Lipinski definition) is 0. The largest absolute Gasteiger partial charge is 0.497 e. The second-order valence-corrected chi connectivity index (χ2v) is 11.4. The first-order valence-electron chi connectivity index (χ1n) is 12.3. The van der Waals surface area contributed by atoms with E-state index in [9.17, 15) is 0 Å². The molecule has 1 aliphatic carbocycles. The summed E-state index contributed by atoms with van der Waals surface area (Å²) in [7, 11) is 1.67. The predicted molar refractivity (Wildman–Crippen MR) is 148 cm³/mol. The van der Waals surface area contributed by atoms with Gasteiger partial charge in [0.1, 0.15) is 11.3 Å². The van der Waals surface area contributed by atoms with Gasteiger partial charge in [0.15, 0.2) is 5.82 Å². The minimum atomic E-state index is -0.498. The molecule has 1 aliphatic rings. The topological polar surface area (TPSA) is 65.2 Å². The maximum absolute atomic E-state index is 6.54. The summed E-state index contributed by atoms with van der Waals surface area (Å²) in [4.78, 5) is 5.16. The summed E-state index contributed by atoms with van der Waals surface area (Å²) in [5.74, 6) is 1.59. The van der Waals surface area contributed by atoms with E-state index < -0.39 is 5.54 Å². The zero-order valence-electron chi connectivity index (χ0n) is 21.3. The lowest BCUT2D eigenvalue weighted by Crippen LogP contribution is -2.31. The van der Waals surface area contributed by atoms with E-state index in [0.29, 0.717) is 10.0 Å². The number of aromatic nitrogens is 4. The Kier molecular flexibility index (Phi) is 8.16. The van der Waals surface area contributed by atoms with Crippen molar-refractivity contribution >= 4 is 41.2 Å². The summed E-state index contributed by atoms with van der Waals surface area (Å²) in [6, 6.07) is 13.4. The molecule has 0 radical (unpaired) electrons. The first-order valence-corrected chi connectivity index (χ1v) is 13.1. The summed E-state index contributed by atoms with van der Waals surface area (Å²) in [5.41, 5.74) is 2.36. The molecule has 1 saturated carbocycles. The molecule has 36 heavy (non-hydrogen) atoms. The van der Waals surface area contributed by atoms with Gasteiger partial charge >= 0.3 is 0 Å². The number of aliphatic imine (C=N–C) groups is 1. The second-order valence-electron chi connectivity index (χ2n) is 10.6. The van der Waals surface area contributed by atoms with E-state index in [0.717, 1.165) is 60.5 Å². The van der Waals surface area contributed by atoms with Crippen LogP contribution < -0.4 is 4.74 Å². The molecule has 0 amide bonds. The minimum absolute atomic E-state index is 0.0000453. The van der Waals surface area contributed by atoms with Crippen molar-refractivity contribution in [3.05, 3.63) is 69.5 Å². The van der Waals surface area contributed by atoms with Gasteiger partial charge in [-0.05, 0) is 88.7 Å². The maximum atomic E-state index is 6.54. The molecule has 1 heterocycles. The van der Waals surface area contributed by atoms with Crippen molar-refractivity contribution in [1.82, 2.24) is 20.2 Å². The van der Waals surface area contributed by atoms with Crippen LogP contribution in [0.25, 0.3) is 11.8 Å². The summed E-state index contributed by atoms with van der Waals surface area (Å²) in [6.07, 6.45) is 9.88. The Morgan fingerprint density at radius 3 is 2.44 bits per heavy atom. The first-order chi connectivity index (χ1) is 17.2. The third-order valence-corrected chi connectivity index (χ3v) is 6.97. The molecule has 4 rings (SSSR count). The van der Waals surface area contributed by atoms with Gasteiger partial charge in [-0.2, -0.15) is 4.68 Å². The van der Waals surface area contributed by atoms with Gasteiger partial charge in [-0.3, -0.25) is 4.99 Å². The van der Waals surface area contributed by atoms with E-state index in [2.05, 4.69) is 42.4 Å². The van der Waals surface area contributed by atoms with Gasteiger partial charge in [0.25, 0.3) is 0 Å². The normalized spacial score (nSPS) is 16.4. The Bertz CT molecular complexity index is 1240. The number of methoxy groups -OCH3 is 1. The molecule has 0 aliphatic heterocycles. The average molecular weight is 527 g/mol. The fraction of sp³-hybridized carbons (Fsp3) is 0.429. The minimum Gasteiger partial charge on any atom is -0.497 e. The van der Waals surface area contributed by atoms with E-state index in [-0.39, 0.29) is 5.41 Å². The van der Waals surface area contributed by atoms with Crippen LogP contribution in [0.1, 0.15) is 76.2 Å². The summed E-state index contributed by atoms with van der Waals surface area (Å²) in [6.45, 7) is 6.60. The van der Waals surface area contributed by atoms with Crippen molar-refractivity contribution in [1.29, 1.82) is 0 Å². The number of allylic oxidation sites excluding steroid dienone is 1. The second kappa shape index (κ2) is 11.1. The molecule has 0 N–H and O–H groups in total. The van der Waals surface area contributed by atoms with Crippen molar-refractivity contribution in [3.8, 4) is 5.75 Å². The van der Waals surface area contributed by atoms with Crippen molar-refractivity contribution in [3.63, 3.8) is 0 Å². The average Bonchev–Trinajstić information content (AvgIpc) is 3.35. The molecule has 190 valence electrons. The highest BCUT2D eigenvalue weighted by molar-refractivity contribution is 6.35. The van der Waals surface area contributed by atoms with Crippen LogP contribution in [0, 0.1) is 5.41 Å². The Morgan fingerprint density at radius 2 is 1.81 bits per heavy atom. The van der Waals surface area contributed by atoms with Crippen LogP contribution in [0.5, 0.6) is 5.75 Å². The molecule has 0 saturated heterocycles. The van der Waals surface area contributed by atoms with E-state index in [4.69, 9.17) is 32.9 Å². The number of tetrazole rings is 1. The molecule has 0 unspecified atom stereocenters. The molecule has 1 aromatic heterocycles.